The van der Waals surface area contributed by atoms with Crippen molar-refractivity contribution in [1.29, 1.82) is 0 Å². The molecule has 6 aromatic carbocycles. The monoisotopic (exact) mass is 1760 g/mol. The highest BCUT2D eigenvalue weighted by molar-refractivity contribution is 9.10. The highest BCUT2D eigenvalue weighted by atomic mass is 79.9. The number of nitrogens with two attached hydrogens (primary N) is 1. The average Bonchev–Trinajstić information content (AvgIpc) is 1.61. The number of esters is 2. The maximum Gasteiger partial charge on any atom is 0.407 e. The molecule has 6 aromatic heterocycles. The fraction of sp³-hybridized carbons (Fsp3) is 0.256. The number of halogens is 7. The minimum atomic E-state index is -1.06. The molecule has 2 aliphatic rings. The van der Waals surface area contributed by atoms with Crippen LogP contribution in [0.5, 0.6) is 0 Å². The lowest BCUT2D eigenvalue weighted by Gasteiger charge is -2.21. The zero-order chi connectivity index (χ0) is 84.1. The second-order valence-corrected chi connectivity index (χ2v) is 33.6. The molecule has 0 aliphatic carbocycles. The normalized spacial score (nSPS) is 14.5. The number of carboxylic acids is 1. The van der Waals surface area contributed by atoms with Gasteiger partial charge in [0.1, 0.15) is 50.6 Å². The molecule has 2 saturated heterocycles. The third kappa shape index (κ3) is 19.8. The number of amides is 1. The summed E-state index contributed by atoms with van der Waals surface area (Å²) in [5.41, 5.74) is 10.6. The Balaban J connectivity index is 0.000000164. The molecule has 606 valence electrons. The first-order valence-corrected chi connectivity index (χ1v) is 39.9. The summed E-state index contributed by atoms with van der Waals surface area (Å²) in [7, 11) is 0. The van der Waals surface area contributed by atoms with Gasteiger partial charge in [-0.3, -0.25) is 28.1 Å². The number of carbonyl (C=O) groups is 7. The van der Waals surface area contributed by atoms with Crippen LogP contribution in [0.25, 0.3) is 84.7 Å². The molecule has 1 amide bonds. The number of aromatic nitrogens is 6. The number of alkyl carbamates (subject to hydrolysis) is 1. The topological polar surface area (TPSA) is 305 Å². The van der Waals surface area contributed by atoms with E-state index < -0.39 is 46.7 Å². The minimum absolute atomic E-state index is 0.0784. The van der Waals surface area contributed by atoms with Gasteiger partial charge in [0.2, 0.25) is 16.4 Å². The van der Waals surface area contributed by atoms with Crippen molar-refractivity contribution in [2.75, 3.05) is 49.1 Å². The van der Waals surface area contributed by atoms with Crippen LogP contribution in [0.2, 0.25) is 30.1 Å². The Bertz CT molecular complexity index is 5870. The summed E-state index contributed by atoms with van der Waals surface area (Å²) in [5, 5.41) is 28.7. The highest BCUT2D eigenvalue weighted by Crippen LogP contribution is 2.45. The molecule has 0 radical (unpaired) electrons. The van der Waals surface area contributed by atoms with E-state index in [1.165, 1.54) is 31.9 Å². The third-order valence-corrected chi connectivity index (χ3v) is 21.1. The zero-order valence-corrected chi connectivity index (χ0v) is 70.8. The summed E-state index contributed by atoms with van der Waals surface area (Å²) in [6.45, 7) is 19.6. The number of benzene rings is 6. The minimum Gasteiger partial charge on any atom is -0.478 e. The van der Waals surface area contributed by atoms with Crippen molar-refractivity contribution >= 4 is 190 Å². The molecule has 4 N–H and O–H groups in total. The number of nitrogens with one attached hydrogen (secondary N) is 1. The summed E-state index contributed by atoms with van der Waals surface area (Å²) >= 11 is 42.1. The van der Waals surface area contributed by atoms with E-state index in [1.807, 2.05) is 67.0 Å². The Kier molecular flexibility index (Phi) is 26.4. The van der Waals surface area contributed by atoms with Gasteiger partial charge in [-0.1, -0.05) is 140 Å². The standard InChI is InChI=1S/C35H38Cl2N4O6.C26H22Cl2N4O4.C25H19BrCl2N2O4/c1-34(2,3)45-27(42)14-13-22-9-7-12-26-23(22)16-18-41(26)31(43)29-30(28-24(36)10-8-11-25(28)37)39-47-32(29)40-17-15-21(20-40)19-38-33(44)46-35(4,5)6;27-18-4-2-5-19(28)22(18)24-23(26(36-30-24)31-11-9-15(13-29)14-31)25(35)32-12-10-17-16(7-8-21(33)34)3-1-6-20(17)32;1-25(2,3)33-19(31)11-10-14-6-4-9-18-15(14)12-13-30(18)24(32)21-22(29-34-23(21)26)20-16(27)7-5-8-17(20)28/h7-14,16,18,21H,15,17,19-20H2,1-6H3,(H,38,44);1-8,10,12,15H,9,11,13-14,29H2,(H,33,34);4-13H,1-3H3/b14-13+;8-7+;11-10+/t21-;15-;/m11./s1. The number of fused-ring (bicyclic) bond motifs is 3. The zero-order valence-electron chi connectivity index (χ0n) is 64.7. The van der Waals surface area contributed by atoms with Crippen molar-refractivity contribution in [3.63, 3.8) is 0 Å². The molecule has 117 heavy (non-hydrogen) atoms. The fourth-order valence-corrected chi connectivity index (χ4v) is 15.7. The van der Waals surface area contributed by atoms with E-state index in [2.05, 4.69) is 36.7 Å². The van der Waals surface area contributed by atoms with Crippen molar-refractivity contribution in [3.8, 4) is 33.8 Å². The molecule has 2 fully saturated rings. The number of hydrogen-bond acceptors (Lipinski definition) is 19. The molecule has 0 unspecified atom stereocenters. The van der Waals surface area contributed by atoms with Crippen LogP contribution in [-0.4, -0.2) is 132 Å². The third-order valence-electron chi connectivity index (χ3n) is 18.6. The lowest BCUT2D eigenvalue weighted by Crippen LogP contribution is -2.36. The van der Waals surface area contributed by atoms with Gasteiger partial charge in [0.15, 0.2) is 0 Å². The van der Waals surface area contributed by atoms with Crippen molar-refractivity contribution in [3.05, 3.63) is 232 Å². The first-order valence-electron chi connectivity index (χ1n) is 36.9. The fourth-order valence-electron chi connectivity index (χ4n) is 13.5. The second kappa shape index (κ2) is 36.0. The van der Waals surface area contributed by atoms with E-state index in [-0.39, 0.29) is 68.0 Å². The molecule has 0 bridgehead atoms. The van der Waals surface area contributed by atoms with Crippen molar-refractivity contribution in [1.82, 2.24) is 34.5 Å². The van der Waals surface area contributed by atoms with Crippen LogP contribution in [0.3, 0.4) is 0 Å². The molecule has 0 saturated carbocycles. The van der Waals surface area contributed by atoms with Gasteiger partial charge < -0.3 is 53.7 Å². The van der Waals surface area contributed by atoms with E-state index in [9.17, 15) is 33.6 Å². The average molecular weight is 1770 g/mol. The first-order chi connectivity index (χ1) is 55.6. The molecule has 14 rings (SSSR count). The highest BCUT2D eigenvalue weighted by Gasteiger charge is 2.38. The smallest absolute Gasteiger partial charge is 0.407 e. The largest absolute Gasteiger partial charge is 0.478 e. The number of anilines is 2. The molecule has 8 heterocycles. The molecular weight excluding hydrogens is 1690 g/mol. The molecule has 31 heteroatoms. The van der Waals surface area contributed by atoms with Crippen LogP contribution >= 0.6 is 85.5 Å². The Morgan fingerprint density at radius 3 is 1.17 bits per heavy atom. The van der Waals surface area contributed by atoms with Gasteiger partial charge in [-0.25, -0.2) is 19.2 Å². The second-order valence-electron chi connectivity index (χ2n) is 30.4. The number of carbonyl (C=O) groups excluding carboxylic acids is 6. The molecule has 2 atom stereocenters. The van der Waals surface area contributed by atoms with Crippen LogP contribution in [0.1, 0.15) is 123 Å². The maximum atomic E-state index is 14.5. The number of nitrogens with zero attached hydrogens (tertiary/aromatic N) is 8. The summed E-state index contributed by atoms with van der Waals surface area (Å²) < 4.78 is 37.7. The first kappa shape index (κ1) is 85.6. The van der Waals surface area contributed by atoms with E-state index in [4.69, 9.17) is 108 Å². The van der Waals surface area contributed by atoms with Gasteiger partial charge in [-0.15, -0.1) is 0 Å². The van der Waals surface area contributed by atoms with Crippen LogP contribution in [0, 0.1) is 11.8 Å². The van der Waals surface area contributed by atoms with Crippen LogP contribution in [0.15, 0.2) is 182 Å². The quantitative estimate of drug-likeness (QED) is 0.0433. The molecule has 12 aromatic rings. The lowest BCUT2D eigenvalue weighted by atomic mass is 10.1. The lowest BCUT2D eigenvalue weighted by molar-refractivity contribution is -0.149. The summed E-state index contributed by atoms with van der Waals surface area (Å²) in [6, 6.07) is 36.8. The predicted molar refractivity (Wildman–Crippen MR) is 459 cm³/mol. The summed E-state index contributed by atoms with van der Waals surface area (Å²) in [5.74, 6) is -2.15. The predicted octanol–water partition coefficient (Wildman–Crippen LogP) is 20.6. The van der Waals surface area contributed by atoms with Gasteiger partial charge in [0.05, 0.1) is 46.7 Å². The van der Waals surface area contributed by atoms with Crippen LogP contribution in [0.4, 0.5) is 16.6 Å². The number of carboxylic acid groups (broad SMARTS) is 1. The van der Waals surface area contributed by atoms with Gasteiger partial charge in [-0.05, 0) is 217 Å². The van der Waals surface area contributed by atoms with Gasteiger partial charge in [0, 0.05) is 102 Å². The Morgan fingerprint density at radius 2 is 0.812 bits per heavy atom. The molecular formula is C86H79BrCl6N10O14. The number of aliphatic carboxylic acids is 1. The van der Waals surface area contributed by atoms with E-state index in [0.29, 0.717) is 114 Å². The maximum absolute atomic E-state index is 14.5. The number of rotatable bonds is 17. The van der Waals surface area contributed by atoms with E-state index in [0.717, 1.165) is 46.2 Å². The van der Waals surface area contributed by atoms with Gasteiger partial charge in [-0.2, -0.15) is 0 Å². The van der Waals surface area contributed by atoms with Crippen molar-refractivity contribution < 1.29 is 66.4 Å². The number of ether oxygens (including phenoxy) is 3. The number of hydrogen-bond donors (Lipinski definition) is 3. The molecule has 2 aliphatic heterocycles. The van der Waals surface area contributed by atoms with E-state index >= 15 is 0 Å². The van der Waals surface area contributed by atoms with Crippen molar-refractivity contribution in [2.45, 2.75) is 92.0 Å². The molecule has 0 spiro atoms. The Labute approximate surface area is 710 Å². The Hall–Kier alpha value is -10.7. The van der Waals surface area contributed by atoms with Crippen LogP contribution < -0.4 is 20.9 Å². The van der Waals surface area contributed by atoms with Crippen molar-refractivity contribution in [2.24, 2.45) is 17.6 Å². The Morgan fingerprint density at radius 1 is 0.479 bits per heavy atom. The summed E-state index contributed by atoms with van der Waals surface area (Å²) in [6.07, 6.45) is 14.7. The van der Waals surface area contributed by atoms with Gasteiger partial charge >= 0.3 is 24.0 Å². The summed E-state index contributed by atoms with van der Waals surface area (Å²) in [4.78, 5) is 93.9. The SMILES string of the molecule is CC(C)(C)OC(=O)/C=C/c1cccc2c1ccn2C(=O)c1c(-c2c(Cl)cccc2Cl)noc1Br.CC(C)(C)OC(=O)/C=C/c1cccc2c1ccn2C(=O)c1c(-c2c(Cl)cccc2Cl)noc1N1CC[C@H](CNC(=O)OC(C)(C)C)C1.NC[C@H]1CCN(c2onc(-c3c(Cl)cccc3Cl)c2C(=O)n2ccc3c(/C=C/C(=O)O)cccc32)C1. The molecule has 24 nitrogen and oxygen atoms in total. The van der Waals surface area contributed by atoms with E-state index in [1.54, 1.807) is 163 Å². The van der Waals surface area contributed by atoms with Gasteiger partial charge in [0.25, 0.3) is 17.7 Å². The van der Waals surface area contributed by atoms with Crippen LogP contribution in [-0.2, 0) is 28.6 Å².